The molecule has 0 bridgehead atoms. The van der Waals surface area contributed by atoms with Crippen molar-refractivity contribution >= 4 is 29.3 Å². The number of nitrogens with one attached hydrogen (secondary N) is 1. The molecule has 1 aromatic carbocycles. The van der Waals surface area contributed by atoms with Crippen molar-refractivity contribution in [3.05, 3.63) is 28.8 Å². The lowest BCUT2D eigenvalue weighted by atomic mass is 10.1. The topological polar surface area (TPSA) is 84.7 Å². The van der Waals surface area contributed by atoms with Crippen molar-refractivity contribution in [2.45, 2.75) is 45.3 Å². The Bertz CT molecular complexity index is 628. The van der Waals surface area contributed by atoms with E-state index >= 15 is 0 Å². The summed E-state index contributed by atoms with van der Waals surface area (Å²) in [4.78, 5) is 25.3. The van der Waals surface area contributed by atoms with E-state index < -0.39 is 11.5 Å². The maximum atomic E-state index is 12.3. The Morgan fingerprint density at radius 1 is 1.42 bits per heavy atom. The first kappa shape index (κ1) is 18.4. The van der Waals surface area contributed by atoms with E-state index in [0.29, 0.717) is 29.4 Å². The van der Waals surface area contributed by atoms with E-state index in [1.807, 2.05) is 20.8 Å². The summed E-state index contributed by atoms with van der Waals surface area (Å²) < 4.78 is 5.45. The van der Waals surface area contributed by atoms with E-state index in [0.717, 1.165) is 12.8 Å². The third kappa shape index (κ3) is 4.77. The molecule has 0 radical (unpaired) electrons. The summed E-state index contributed by atoms with van der Waals surface area (Å²) in [6.45, 7) is 6.76. The molecule has 0 aliphatic carbocycles. The highest BCUT2D eigenvalue weighted by Gasteiger charge is 2.32. The van der Waals surface area contributed by atoms with E-state index in [1.54, 1.807) is 23.1 Å². The van der Waals surface area contributed by atoms with Gasteiger partial charge in [0.1, 0.15) is 5.60 Å². The smallest absolute Gasteiger partial charge is 0.410 e. The minimum atomic E-state index is -0.517. The van der Waals surface area contributed by atoms with Crippen molar-refractivity contribution in [3.63, 3.8) is 0 Å². The lowest BCUT2D eigenvalue weighted by Crippen LogP contribution is -2.42. The van der Waals surface area contributed by atoms with Crippen molar-refractivity contribution in [1.82, 2.24) is 4.90 Å². The lowest BCUT2D eigenvalue weighted by Gasteiger charge is -2.29. The van der Waals surface area contributed by atoms with Crippen LogP contribution in [0.5, 0.6) is 0 Å². The van der Waals surface area contributed by atoms with Crippen molar-refractivity contribution in [2.75, 3.05) is 18.4 Å². The van der Waals surface area contributed by atoms with Gasteiger partial charge in [0.05, 0.1) is 16.8 Å². The highest BCUT2D eigenvalue weighted by molar-refractivity contribution is 6.33. The highest BCUT2D eigenvalue weighted by atomic mass is 35.5. The molecule has 2 rings (SSSR count). The standard InChI is InChI=1S/C17H24ClN3O3/c1-17(2,3)24-16(23)21-8-4-5-12(21)10-20-14-9-11(15(19)22)6-7-13(14)18/h6-7,9,12,20H,4-5,8,10H2,1-3H3,(H2,19,22). The van der Waals surface area contributed by atoms with Crippen LogP contribution >= 0.6 is 11.6 Å². The van der Waals surface area contributed by atoms with E-state index in [2.05, 4.69) is 5.32 Å². The van der Waals surface area contributed by atoms with E-state index in [9.17, 15) is 9.59 Å². The van der Waals surface area contributed by atoms with Gasteiger partial charge in [-0.05, 0) is 51.8 Å². The second-order valence-electron chi connectivity index (χ2n) is 6.91. The number of hydrogen-bond acceptors (Lipinski definition) is 4. The number of amides is 2. The molecule has 24 heavy (non-hydrogen) atoms. The molecule has 1 fully saturated rings. The Morgan fingerprint density at radius 3 is 2.75 bits per heavy atom. The first-order chi connectivity index (χ1) is 11.2. The summed E-state index contributed by atoms with van der Waals surface area (Å²) in [5, 5.41) is 3.71. The predicted octanol–water partition coefficient (Wildman–Crippen LogP) is 3.25. The van der Waals surface area contributed by atoms with Gasteiger partial charge in [0.25, 0.3) is 0 Å². The molecule has 7 heteroatoms. The molecule has 2 amide bonds. The Morgan fingerprint density at radius 2 is 2.12 bits per heavy atom. The third-order valence-corrected chi connectivity index (χ3v) is 4.11. The van der Waals surface area contributed by atoms with Gasteiger partial charge < -0.3 is 20.7 Å². The molecule has 1 saturated heterocycles. The molecule has 1 aromatic rings. The highest BCUT2D eigenvalue weighted by Crippen LogP contribution is 2.25. The molecule has 1 unspecified atom stereocenters. The molecule has 6 nitrogen and oxygen atoms in total. The molecule has 1 atom stereocenters. The summed E-state index contributed by atoms with van der Waals surface area (Å²) in [6, 6.07) is 4.85. The Labute approximate surface area is 147 Å². The number of anilines is 1. The quantitative estimate of drug-likeness (QED) is 0.870. The largest absolute Gasteiger partial charge is 0.444 e. The number of rotatable bonds is 4. The summed E-state index contributed by atoms with van der Waals surface area (Å²) >= 11 is 6.15. The zero-order chi connectivity index (χ0) is 17.9. The van der Waals surface area contributed by atoms with Gasteiger partial charge in [-0.25, -0.2) is 4.79 Å². The molecule has 0 aromatic heterocycles. The maximum absolute atomic E-state index is 12.3. The summed E-state index contributed by atoms with van der Waals surface area (Å²) in [5.41, 5.74) is 5.79. The number of carbonyl (C=O) groups excluding carboxylic acids is 2. The molecule has 1 aliphatic rings. The van der Waals surface area contributed by atoms with Crippen LogP contribution in [0.2, 0.25) is 5.02 Å². The van der Waals surface area contributed by atoms with Crippen LogP contribution < -0.4 is 11.1 Å². The average molecular weight is 354 g/mol. The molecule has 1 heterocycles. The molecule has 132 valence electrons. The van der Waals surface area contributed by atoms with Crippen LogP contribution in [0.25, 0.3) is 0 Å². The minimum Gasteiger partial charge on any atom is -0.444 e. The number of carbonyl (C=O) groups is 2. The molecule has 3 N–H and O–H groups in total. The number of nitrogens with two attached hydrogens (primary N) is 1. The Hall–Kier alpha value is -1.95. The Kier molecular flexibility index (Phi) is 5.59. The van der Waals surface area contributed by atoms with Gasteiger partial charge in [-0.2, -0.15) is 0 Å². The van der Waals surface area contributed by atoms with Crippen molar-refractivity contribution in [2.24, 2.45) is 5.73 Å². The van der Waals surface area contributed by atoms with Crippen molar-refractivity contribution in [1.29, 1.82) is 0 Å². The fourth-order valence-electron chi connectivity index (χ4n) is 2.65. The van der Waals surface area contributed by atoms with Crippen LogP contribution in [-0.4, -0.2) is 41.6 Å². The minimum absolute atomic E-state index is 0.0214. The number of likely N-dealkylation sites (tertiary alicyclic amines) is 1. The fourth-order valence-corrected chi connectivity index (χ4v) is 2.83. The second kappa shape index (κ2) is 7.30. The third-order valence-electron chi connectivity index (χ3n) is 3.78. The fraction of sp³-hybridized carbons (Fsp3) is 0.529. The normalized spacial score (nSPS) is 17.7. The van der Waals surface area contributed by atoms with Crippen LogP contribution in [0.15, 0.2) is 18.2 Å². The summed E-state index contributed by atoms with van der Waals surface area (Å²) in [7, 11) is 0. The van der Waals surface area contributed by atoms with Crippen LogP contribution in [0, 0.1) is 0 Å². The molecule has 0 saturated carbocycles. The van der Waals surface area contributed by atoms with Gasteiger partial charge in [0, 0.05) is 18.7 Å². The van der Waals surface area contributed by atoms with Gasteiger partial charge >= 0.3 is 6.09 Å². The van der Waals surface area contributed by atoms with Crippen molar-refractivity contribution in [3.8, 4) is 0 Å². The summed E-state index contributed by atoms with van der Waals surface area (Å²) in [5.74, 6) is -0.508. The number of ether oxygens (including phenoxy) is 1. The summed E-state index contributed by atoms with van der Waals surface area (Å²) in [6.07, 6.45) is 1.52. The van der Waals surface area contributed by atoms with Gasteiger partial charge in [-0.1, -0.05) is 11.6 Å². The molecular formula is C17H24ClN3O3. The maximum Gasteiger partial charge on any atom is 0.410 e. The number of halogens is 1. The van der Waals surface area contributed by atoms with Crippen LogP contribution in [0.3, 0.4) is 0 Å². The Balaban J connectivity index is 2.02. The SMILES string of the molecule is CC(C)(C)OC(=O)N1CCCC1CNc1cc(C(N)=O)ccc1Cl. The number of nitrogens with zero attached hydrogens (tertiary/aromatic N) is 1. The first-order valence-corrected chi connectivity index (χ1v) is 8.38. The van der Waals surface area contributed by atoms with E-state index in [1.165, 1.54) is 0 Å². The number of benzene rings is 1. The van der Waals surface area contributed by atoms with Crippen LogP contribution in [0.1, 0.15) is 44.0 Å². The van der Waals surface area contributed by atoms with Gasteiger partial charge in [-0.15, -0.1) is 0 Å². The van der Waals surface area contributed by atoms with E-state index in [4.69, 9.17) is 22.1 Å². The predicted molar refractivity (Wildman–Crippen MR) is 94.4 cm³/mol. The number of hydrogen-bond donors (Lipinski definition) is 2. The molecular weight excluding hydrogens is 330 g/mol. The first-order valence-electron chi connectivity index (χ1n) is 8.00. The van der Waals surface area contributed by atoms with Gasteiger partial charge in [0.15, 0.2) is 0 Å². The van der Waals surface area contributed by atoms with Crippen molar-refractivity contribution < 1.29 is 14.3 Å². The zero-order valence-electron chi connectivity index (χ0n) is 14.3. The lowest BCUT2D eigenvalue weighted by molar-refractivity contribution is 0.0235. The average Bonchev–Trinajstić information content (AvgIpc) is 2.93. The van der Waals surface area contributed by atoms with Gasteiger partial charge in [0.2, 0.25) is 5.91 Å². The second-order valence-corrected chi connectivity index (χ2v) is 7.32. The van der Waals surface area contributed by atoms with Crippen LogP contribution in [-0.2, 0) is 4.74 Å². The van der Waals surface area contributed by atoms with Gasteiger partial charge in [-0.3, -0.25) is 4.79 Å². The molecule has 0 spiro atoms. The van der Waals surface area contributed by atoms with E-state index in [-0.39, 0.29) is 12.1 Å². The zero-order valence-corrected chi connectivity index (χ0v) is 15.0. The number of primary amides is 1. The monoisotopic (exact) mass is 353 g/mol. The van der Waals surface area contributed by atoms with Crippen LogP contribution in [0.4, 0.5) is 10.5 Å². The molecule has 1 aliphatic heterocycles.